The van der Waals surface area contributed by atoms with Gasteiger partial charge in [-0.05, 0) is 13.0 Å². The summed E-state index contributed by atoms with van der Waals surface area (Å²) in [5, 5.41) is 28.3. The van der Waals surface area contributed by atoms with Gasteiger partial charge in [0.25, 0.3) is 0 Å². The summed E-state index contributed by atoms with van der Waals surface area (Å²) in [6.45, 7) is 0.313. The second kappa shape index (κ2) is 6.51. The number of benzene rings is 1. The maximum atomic E-state index is 12.7. The Kier molecular flexibility index (Phi) is 4.79. The molecule has 0 saturated carbocycles. The lowest BCUT2D eigenvalue weighted by atomic mass is 9.79. The van der Waals surface area contributed by atoms with E-state index in [2.05, 4.69) is 0 Å². The molecule has 1 aliphatic rings. The van der Waals surface area contributed by atoms with Crippen molar-refractivity contribution in [2.24, 2.45) is 5.92 Å². The molecule has 0 spiro atoms. The van der Waals surface area contributed by atoms with E-state index >= 15 is 0 Å². The molecule has 0 aliphatic carbocycles. The highest BCUT2D eigenvalue weighted by atomic mass is 32.2. The fraction of sp³-hybridized carbons (Fsp3) is 0.333. The molecule has 2 unspecified atom stereocenters. The van der Waals surface area contributed by atoms with E-state index in [1.54, 1.807) is 12.1 Å². The van der Waals surface area contributed by atoms with Gasteiger partial charge in [0, 0.05) is 5.56 Å². The lowest BCUT2D eigenvalue weighted by molar-refractivity contribution is -0.150. The summed E-state index contributed by atoms with van der Waals surface area (Å²) in [5.74, 6) is -4.49. The number of carboxylic acid groups (broad SMARTS) is 1. The fourth-order valence-electron chi connectivity index (χ4n) is 2.80. The van der Waals surface area contributed by atoms with Crippen LogP contribution in [-0.2, 0) is 29.9 Å². The number of nitrogens with zero attached hydrogens (tertiary/aromatic N) is 3. The highest BCUT2D eigenvalue weighted by molar-refractivity contribution is 7.89. The SMILES string of the molecule is CCOC(=O)C(C#N)C1(C#N)c2ccccc2S(=O)(=O)N1CC(=O)O. The first-order chi connectivity index (χ1) is 11.8. The Morgan fingerprint density at radius 3 is 2.52 bits per heavy atom. The van der Waals surface area contributed by atoms with Crippen LogP contribution in [0, 0.1) is 28.6 Å². The molecular weight excluding hydrogens is 350 g/mol. The van der Waals surface area contributed by atoms with Crippen molar-refractivity contribution >= 4 is 22.0 Å². The van der Waals surface area contributed by atoms with Crippen molar-refractivity contribution in [3.05, 3.63) is 29.8 Å². The molecule has 0 bridgehead atoms. The molecule has 1 heterocycles. The number of carbonyl (C=O) groups excluding carboxylic acids is 1. The minimum absolute atomic E-state index is 0.0914. The molecule has 25 heavy (non-hydrogen) atoms. The molecule has 130 valence electrons. The molecule has 2 atom stereocenters. The molecule has 9 nitrogen and oxygen atoms in total. The van der Waals surface area contributed by atoms with Crippen LogP contribution in [0.3, 0.4) is 0 Å². The minimum atomic E-state index is -4.39. The van der Waals surface area contributed by atoms with E-state index in [0.29, 0.717) is 4.31 Å². The Morgan fingerprint density at radius 1 is 1.36 bits per heavy atom. The van der Waals surface area contributed by atoms with E-state index < -0.39 is 40.0 Å². The highest BCUT2D eigenvalue weighted by Gasteiger charge is 2.62. The van der Waals surface area contributed by atoms with Gasteiger partial charge in [-0.2, -0.15) is 14.8 Å². The molecule has 1 aromatic rings. The standard InChI is InChI=1S/C15H13N3O6S/c1-2-24-14(21)11(7-16)15(9-17)10-5-3-4-6-12(10)25(22,23)18(15)8-13(19)20/h3-6,11H,2,8H2,1H3,(H,19,20). The van der Waals surface area contributed by atoms with Crippen molar-refractivity contribution in [1.82, 2.24) is 4.31 Å². The van der Waals surface area contributed by atoms with Crippen molar-refractivity contribution in [1.29, 1.82) is 10.5 Å². The third-order valence-electron chi connectivity index (χ3n) is 3.78. The predicted octanol–water partition coefficient (Wildman–Crippen LogP) is 0.197. The van der Waals surface area contributed by atoms with Gasteiger partial charge in [-0.1, -0.05) is 18.2 Å². The van der Waals surface area contributed by atoms with Gasteiger partial charge in [0.15, 0.2) is 11.5 Å². The fourth-order valence-corrected chi connectivity index (χ4v) is 4.70. The molecule has 1 aromatic carbocycles. The van der Waals surface area contributed by atoms with Crippen molar-refractivity contribution in [2.75, 3.05) is 13.2 Å². The van der Waals surface area contributed by atoms with E-state index in [4.69, 9.17) is 9.84 Å². The van der Waals surface area contributed by atoms with Crippen LogP contribution < -0.4 is 0 Å². The maximum absolute atomic E-state index is 12.7. The lowest BCUT2D eigenvalue weighted by Gasteiger charge is -2.32. The Balaban J connectivity index is 2.84. The zero-order valence-corrected chi connectivity index (χ0v) is 13.9. The van der Waals surface area contributed by atoms with Gasteiger partial charge in [0.1, 0.15) is 6.54 Å². The van der Waals surface area contributed by atoms with Gasteiger partial charge in [-0.15, -0.1) is 0 Å². The van der Waals surface area contributed by atoms with E-state index in [1.807, 2.05) is 0 Å². The number of aliphatic carboxylic acids is 1. The second-order valence-electron chi connectivity index (χ2n) is 5.09. The van der Waals surface area contributed by atoms with Crippen LogP contribution in [0.1, 0.15) is 12.5 Å². The summed E-state index contributed by atoms with van der Waals surface area (Å²) in [7, 11) is -4.39. The van der Waals surface area contributed by atoms with Crippen LogP contribution in [0.4, 0.5) is 0 Å². The molecule has 1 N–H and O–H groups in total. The number of sulfonamides is 1. The van der Waals surface area contributed by atoms with Crippen molar-refractivity contribution < 1.29 is 27.9 Å². The molecule has 0 aromatic heterocycles. The van der Waals surface area contributed by atoms with Gasteiger partial charge in [-0.3, -0.25) is 9.59 Å². The van der Waals surface area contributed by atoms with Crippen LogP contribution in [0.15, 0.2) is 29.2 Å². The molecule has 0 radical (unpaired) electrons. The number of rotatable bonds is 5. The lowest BCUT2D eigenvalue weighted by Crippen LogP contribution is -2.52. The van der Waals surface area contributed by atoms with Gasteiger partial charge in [0.2, 0.25) is 10.0 Å². The predicted molar refractivity (Wildman–Crippen MR) is 81.0 cm³/mol. The van der Waals surface area contributed by atoms with Gasteiger partial charge in [0.05, 0.1) is 23.6 Å². The number of esters is 1. The van der Waals surface area contributed by atoms with Gasteiger partial charge < -0.3 is 9.84 Å². The Bertz CT molecular complexity index is 914. The van der Waals surface area contributed by atoms with Crippen LogP contribution in [0.5, 0.6) is 0 Å². The maximum Gasteiger partial charge on any atom is 0.326 e. The largest absolute Gasteiger partial charge is 0.480 e. The van der Waals surface area contributed by atoms with Crippen molar-refractivity contribution in [2.45, 2.75) is 17.4 Å². The third-order valence-corrected chi connectivity index (χ3v) is 5.69. The third kappa shape index (κ3) is 2.61. The van der Waals surface area contributed by atoms with E-state index in [-0.39, 0.29) is 17.1 Å². The monoisotopic (exact) mass is 363 g/mol. The van der Waals surface area contributed by atoms with Gasteiger partial charge in [-0.25, -0.2) is 8.42 Å². The summed E-state index contributed by atoms with van der Waals surface area (Å²) in [5.41, 5.74) is -2.45. The molecular formula is C15H13N3O6S. The summed E-state index contributed by atoms with van der Waals surface area (Å²) in [4.78, 5) is 23.1. The summed E-state index contributed by atoms with van der Waals surface area (Å²) in [6.07, 6.45) is 0. The van der Waals surface area contributed by atoms with Crippen LogP contribution in [0.2, 0.25) is 0 Å². The average molecular weight is 363 g/mol. The number of carboxylic acids is 1. The summed E-state index contributed by atoms with van der Waals surface area (Å²) >= 11 is 0. The molecule has 1 aliphatic heterocycles. The number of hydrogen-bond donors (Lipinski definition) is 1. The quantitative estimate of drug-likeness (QED) is 0.729. The summed E-state index contributed by atoms with van der Waals surface area (Å²) in [6, 6.07) is 8.61. The number of nitriles is 2. The first-order valence-electron chi connectivity index (χ1n) is 7.09. The normalized spacial score (nSPS) is 22.2. The van der Waals surface area contributed by atoms with E-state index in [9.17, 15) is 28.5 Å². The van der Waals surface area contributed by atoms with E-state index in [1.165, 1.54) is 31.2 Å². The zero-order chi connectivity index (χ0) is 18.8. The Hall–Kier alpha value is -2.95. The number of carbonyl (C=O) groups is 2. The summed E-state index contributed by atoms with van der Waals surface area (Å²) < 4.78 is 30.7. The van der Waals surface area contributed by atoms with Crippen molar-refractivity contribution in [3.63, 3.8) is 0 Å². The molecule has 0 fully saturated rings. The second-order valence-corrected chi connectivity index (χ2v) is 6.92. The van der Waals surface area contributed by atoms with Crippen LogP contribution >= 0.6 is 0 Å². The Labute approximate surface area is 143 Å². The molecule has 0 saturated heterocycles. The first-order valence-corrected chi connectivity index (χ1v) is 8.53. The molecule has 2 rings (SSSR count). The molecule has 10 heteroatoms. The molecule has 0 amide bonds. The zero-order valence-electron chi connectivity index (χ0n) is 13.0. The van der Waals surface area contributed by atoms with E-state index in [0.717, 1.165) is 0 Å². The average Bonchev–Trinajstić information content (AvgIpc) is 2.75. The van der Waals surface area contributed by atoms with Crippen LogP contribution in [0.25, 0.3) is 0 Å². The number of ether oxygens (including phenoxy) is 1. The minimum Gasteiger partial charge on any atom is -0.480 e. The van der Waals surface area contributed by atoms with Crippen molar-refractivity contribution in [3.8, 4) is 12.1 Å². The van der Waals surface area contributed by atoms with Crippen LogP contribution in [-0.4, -0.2) is 42.9 Å². The Morgan fingerprint density at radius 2 is 2.00 bits per heavy atom. The number of hydrogen-bond acceptors (Lipinski definition) is 7. The van der Waals surface area contributed by atoms with Gasteiger partial charge >= 0.3 is 11.9 Å². The first kappa shape index (κ1) is 18.4. The number of fused-ring (bicyclic) bond motifs is 1. The highest BCUT2D eigenvalue weighted by Crippen LogP contribution is 2.48. The smallest absolute Gasteiger partial charge is 0.326 e. The topological polar surface area (TPSA) is 149 Å².